The highest BCUT2D eigenvalue weighted by Crippen LogP contribution is 2.22. The predicted octanol–water partition coefficient (Wildman–Crippen LogP) is 2.33. The molecule has 2 fully saturated rings. The average molecular weight is 255 g/mol. The van der Waals surface area contributed by atoms with Crippen LogP contribution >= 0.6 is 11.8 Å². The lowest BCUT2D eigenvalue weighted by atomic mass is 10.2. The monoisotopic (exact) mass is 255 g/mol. The third-order valence-electron chi connectivity index (χ3n) is 3.82. The van der Waals surface area contributed by atoms with Gasteiger partial charge in [-0.05, 0) is 33.2 Å². The van der Waals surface area contributed by atoms with Crippen LogP contribution in [0.15, 0.2) is 4.99 Å². The van der Waals surface area contributed by atoms with E-state index in [1.54, 1.807) is 0 Å². The van der Waals surface area contributed by atoms with Crippen molar-refractivity contribution in [2.24, 2.45) is 4.99 Å². The van der Waals surface area contributed by atoms with Crippen LogP contribution in [0.25, 0.3) is 0 Å². The van der Waals surface area contributed by atoms with Gasteiger partial charge in [0, 0.05) is 24.4 Å². The van der Waals surface area contributed by atoms with Crippen molar-refractivity contribution >= 4 is 16.9 Å². The number of rotatable bonds is 4. The molecule has 4 heteroatoms. The molecule has 0 aromatic rings. The highest BCUT2D eigenvalue weighted by atomic mass is 32.2. The van der Waals surface area contributed by atoms with Crippen LogP contribution in [0.5, 0.6) is 0 Å². The Balaban J connectivity index is 1.68. The first-order chi connectivity index (χ1) is 8.25. The highest BCUT2D eigenvalue weighted by Gasteiger charge is 2.19. The minimum atomic E-state index is 0.600. The van der Waals surface area contributed by atoms with Gasteiger partial charge < -0.3 is 10.2 Å². The summed E-state index contributed by atoms with van der Waals surface area (Å²) < 4.78 is 0. The molecule has 0 aromatic heterocycles. The van der Waals surface area contributed by atoms with Crippen LogP contribution in [0.4, 0.5) is 0 Å². The molecule has 1 aliphatic carbocycles. The molecule has 1 heterocycles. The molecule has 1 aliphatic heterocycles. The van der Waals surface area contributed by atoms with Crippen molar-refractivity contribution < 1.29 is 0 Å². The van der Waals surface area contributed by atoms with E-state index in [1.165, 1.54) is 37.9 Å². The van der Waals surface area contributed by atoms with Gasteiger partial charge in [0.1, 0.15) is 0 Å². The predicted molar refractivity (Wildman–Crippen MR) is 76.9 cm³/mol. The SMILES string of the molecule is CC1CCSC(=NCCN(C)C2CCCC2)N1. The third kappa shape index (κ3) is 4.18. The molecule has 2 rings (SSSR count). The van der Waals surface area contributed by atoms with Crippen LogP contribution in [0.1, 0.15) is 39.0 Å². The van der Waals surface area contributed by atoms with Gasteiger partial charge in [0.25, 0.3) is 0 Å². The van der Waals surface area contributed by atoms with Crippen molar-refractivity contribution in [3.63, 3.8) is 0 Å². The maximum Gasteiger partial charge on any atom is 0.156 e. The van der Waals surface area contributed by atoms with E-state index in [0.29, 0.717) is 6.04 Å². The molecule has 0 aromatic carbocycles. The van der Waals surface area contributed by atoms with E-state index in [4.69, 9.17) is 0 Å². The fraction of sp³-hybridized carbons (Fsp3) is 0.923. The summed E-state index contributed by atoms with van der Waals surface area (Å²) in [5, 5.41) is 4.61. The van der Waals surface area contributed by atoms with Crippen molar-refractivity contribution in [3.8, 4) is 0 Å². The van der Waals surface area contributed by atoms with Crippen LogP contribution < -0.4 is 5.32 Å². The fourth-order valence-electron chi connectivity index (χ4n) is 2.59. The van der Waals surface area contributed by atoms with Gasteiger partial charge >= 0.3 is 0 Å². The lowest BCUT2D eigenvalue weighted by Crippen LogP contribution is -2.36. The fourth-order valence-corrected chi connectivity index (χ4v) is 3.72. The molecular weight excluding hydrogens is 230 g/mol. The minimum absolute atomic E-state index is 0.600. The van der Waals surface area contributed by atoms with Crippen molar-refractivity contribution in [2.45, 2.75) is 51.1 Å². The first-order valence-electron chi connectivity index (χ1n) is 6.90. The summed E-state index contributed by atoms with van der Waals surface area (Å²) in [5.74, 6) is 1.21. The number of nitrogens with zero attached hydrogens (tertiary/aromatic N) is 2. The van der Waals surface area contributed by atoms with E-state index in [9.17, 15) is 0 Å². The van der Waals surface area contributed by atoms with E-state index < -0.39 is 0 Å². The zero-order valence-electron chi connectivity index (χ0n) is 11.1. The zero-order valence-corrected chi connectivity index (χ0v) is 11.9. The number of nitrogens with one attached hydrogen (secondary N) is 1. The summed E-state index contributed by atoms with van der Waals surface area (Å²) in [4.78, 5) is 7.17. The number of hydrogen-bond acceptors (Lipinski definition) is 3. The Bertz CT molecular complexity index is 261. The summed E-state index contributed by atoms with van der Waals surface area (Å²) >= 11 is 1.87. The van der Waals surface area contributed by atoms with Crippen LogP contribution in [-0.4, -0.2) is 48.0 Å². The maximum atomic E-state index is 4.67. The van der Waals surface area contributed by atoms with Gasteiger partial charge in [-0.25, -0.2) is 0 Å². The average Bonchev–Trinajstić information content (AvgIpc) is 2.82. The molecule has 1 atom stereocenters. The molecule has 1 N–H and O–H groups in total. The Morgan fingerprint density at radius 3 is 2.82 bits per heavy atom. The summed E-state index contributed by atoms with van der Waals surface area (Å²) in [5.41, 5.74) is 0. The Morgan fingerprint density at radius 1 is 1.35 bits per heavy atom. The molecule has 1 saturated heterocycles. The first kappa shape index (κ1) is 13.2. The number of aliphatic imine (C=N–C) groups is 1. The van der Waals surface area contributed by atoms with Crippen LogP contribution in [0.3, 0.4) is 0 Å². The lowest BCUT2D eigenvalue weighted by Gasteiger charge is -2.24. The van der Waals surface area contributed by atoms with Gasteiger partial charge in [-0.1, -0.05) is 24.6 Å². The van der Waals surface area contributed by atoms with E-state index in [-0.39, 0.29) is 0 Å². The normalized spacial score (nSPS) is 28.9. The Labute approximate surface area is 109 Å². The van der Waals surface area contributed by atoms with Crippen LogP contribution in [0, 0.1) is 0 Å². The van der Waals surface area contributed by atoms with Crippen molar-refractivity contribution in [2.75, 3.05) is 25.9 Å². The topological polar surface area (TPSA) is 27.6 Å². The smallest absolute Gasteiger partial charge is 0.156 e. The summed E-state index contributed by atoms with van der Waals surface area (Å²) in [7, 11) is 2.25. The van der Waals surface area contributed by atoms with Gasteiger partial charge in [0.2, 0.25) is 0 Å². The van der Waals surface area contributed by atoms with Gasteiger partial charge in [-0.2, -0.15) is 0 Å². The second-order valence-electron chi connectivity index (χ2n) is 5.29. The molecule has 17 heavy (non-hydrogen) atoms. The van der Waals surface area contributed by atoms with E-state index >= 15 is 0 Å². The molecular formula is C13H25N3S. The first-order valence-corrected chi connectivity index (χ1v) is 7.88. The van der Waals surface area contributed by atoms with Gasteiger partial charge in [-0.3, -0.25) is 4.99 Å². The Morgan fingerprint density at radius 2 is 2.12 bits per heavy atom. The van der Waals surface area contributed by atoms with Crippen molar-refractivity contribution in [1.82, 2.24) is 10.2 Å². The molecule has 0 radical (unpaired) electrons. The Hall–Kier alpha value is -0.220. The van der Waals surface area contributed by atoms with Crippen molar-refractivity contribution in [1.29, 1.82) is 0 Å². The summed E-state index contributed by atoms with van der Waals surface area (Å²) in [6, 6.07) is 1.42. The van der Waals surface area contributed by atoms with Crippen LogP contribution in [0.2, 0.25) is 0 Å². The van der Waals surface area contributed by atoms with E-state index in [2.05, 4.69) is 29.2 Å². The largest absolute Gasteiger partial charge is 0.362 e. The van der Waals surface area contributed by atoms with Gasteiger partial charge in [0.05, 0.1) is 6.54 Å². The molecule has 0 bridgehead atoms. The zero-order chi connectivity index (χ0) is 12.1. The van der Waals surface area contributed by atoms with Gasteiger partial charge in [-0.15, -0.1) is 0 Å². The van der Waals surface area contributed by atoms with Crippen molar-refractivity contribution in [3.05, 3.63) is 0 Å². The summed E-state index contributed by atoms with van der Waals surface area (Å²) in [6.45, 7) is 4.28. The molecule has 2 aliphatic rings. The quantitative estimate of drug-likeness (QED) is 0.835. The maximum absolute atomic E-state index is 4.67. The number of hydrogen-bond donors (Lipinski definition) is 1. The lowest BCUT2D eigenvalue weighted by molar-refractivity contribution is 0.252. The second-order valence-corrected chi connectivity index (χ2v) is 6.37. The standard InChI is InChI=1S/C13H25N3S/c1-11-7-10-17-13(15-11)14-8-9-16(2)12-5-3-4-6-12/h11-12H,3-10H2,1-2H3,(H,14,15). The second kappa shape index (κ2) is 6.64. The highest BCUT2D eigenvalue weighted by molar-refractivity contribution is 8.13. The number of likely N-dealkylation sites (N-methyl/N-ethyl adjacent to an activating group) is 1. The van der Waals surface area contributed by atoms with Crippen LogP contribution in [-0.2, 0) is 0 Å². The Kier molecular flexibility index (Phi) is 5.16. The molecule has 0 amide bonds. The number of thioether (sulfide) groups is 1. The third-order valence-corrected chi connectivity index (χ3v) is 4.78. The minimum Gasteiger partial charge on any atom is -0.362 e. The molecule has 3 nitrogen and oxygen atoms in total. The molecule has 0 spiro atoms. The molecule has 1 saturated carbocycles. The molecule has 1 unspecified atom stereocenters. The van der Waals surface area contributed by atoms with E-state index in [0.717, 1.165) is 24.3 Å². The molecule has 98 valence electrons. The summed E-state index contributed by atoms with van der Waals surface area (Å²) in [6.07, 6.45) is 6.86. The number of amidine groups is 1. The van der Waals surface area contributed by atoms with Gasteiger partial charge in [0.15, 0.2) is 5.17 Å². The van der Waals surface area contributed by atoms with E-state index in [1.807, 2.05) is 11.8 Å².